The Morgan fingerprint density at radius 2 is 2.11 bits per heavy atom. The normalized spacial score (nSPS) is 10.4. The van der Waals surface area contributed by atoms with Crippen molar-refractivity contribution in [2.24, 2.45) is 7.05 Å². The number of amides is 1. The third-order valence-corrected chi connectivity index (χ3v) is 3.16. The van der Waals surface area contributed by atoms with E-state index in [4.69, 9.17) is 11.6 Å². The van der Waals surface area contributed by atoms with Crippen molar-refractivity contribution in [1.29, 1.82) is 0 Å². The highest BCUT2D eigenvalue weighted by molar-refractivity contribution is 9.10. The number of benzene rings is 1. The maximum Gasteiger partial charge on any atom is 0.256 e. The predicted octanol–water partition coefficient (Wildman–Crippen LogP) is 3.40. The van der Waals surface area contributed by atoms with Crippen LogP contribution >= 0.6 is 27.5 Å². The summed E-state index contributed by atoms with van der Waals surface area (Å²) in [6.07, 6.45) is 0. The van der Waals surface area contributed by atoms with Gasteiger partial charge < -0.3 is 5.32 Å². The highest BCUT2D eigenvalue weighted by Crippen LogP contribution is 2.20. The lowest BCUT2D eigenvalue weighted by atomic mass is 10.2. The van der Waals surface area contributed by atoms with Gasteiger partial charge in [0.05, 0.1) is 0 Å². The van der Waals surface area contributed by atoms with E-state index in [-0.39, 0.29) is 5.91 Å². The molecule has 0 spiro atoms. The van der Waals surface area contributed by atoms with Crippen molar-refractivity contribution >= 4 is 39.3 Å². The number of aryl methyl sites for hydroxylation is 2. The number of hydrogen-bond donors (Lipinski definition) is 1. The molecule has 0 aliphatic rings. The summed E-state index contributed by atoms with van der Waals surface area (Å²) in [7, 11) is 1.82. The minimum absolute atomic E-state index is 0.240. The number of rotatable bonds is 2. The minimum Gasteiger partial charge on any atom is -0.305 e. The average Bonchev–Trinajstić information content (AvgIpc) is 2.56. The summed E-state index contributed by atoms with van der Waals surface area (Å²) in [5.41, 5.74) is 1.45. The van der Waals surface area contributed by atoms with Crippen LogP contribution in [-0.4, -0.2) is 15.7 Å². The van der Waals surface area contributed by atoms with Crippen LogP contribution in [0.2, 0.25) is 5.02 Å². The molecule has 0 atom stereocenters. The zero-order valence-corrected chi connectivity index (χ0v) is 12.2. The molecule has 94 valence electrons. The Kier molecular flexibility index (Phi) is 3.73. The van der Waals surface area contributed by atoms with Crippen molar-refractivity contribution in [3.63, 3.8) is 0 Å². The van der Waals surface area contributed by atoms with E-state index in [9.17, 15) is 4.79 Å². The van der Waals surface area contributed by atoms with Crippen LogP contribution in [0.1, 0.15) is 16.1 Å². The molecule has 0 saturated carbocycles. The molecule has 2 rings (SSSR count). The Hall–Kier alpha value is -1.33. The monoisotopic (exact) mass is 327 g/mol. The van der Waals surface area contributed by atoms with E-state index >= 15 is 0 Å². The number of nitrogens with one attached hydrogen (secondary N) is 1. The van der Waals surface area contributed by atoms with E-state index in [0.29, 0.717) is 16.4 Å². The van der Waals surface area contributed by atoms with Crippen LogP contribution in [-0.2, 0) is 7.05 Å². The van der Waals surface area contributed by atoms with Gasteiger partial charge in [-0.2, -0.15) is 5.10 Å². The van der Waals surface area contributed by atoms with Gasteiger partial charge >= 0.3 is 0 Å². The number of aromatic nitrogens is 2. The molecule has 6 heteroatoms. The number of anilines is 1. The van der Waals surface area contributed by atoms with Crippen LogP contribution in [0.15, 0.2) is 28.7 Å². The molecule has 0 aliphatic heterocycles. The molecule has 1 N–H and O–H groups in total. The summed E-state index contributed by atoms with van der Waals surface area (Å²) < 4.78 is 2.46. The van der Waals surface area contributed by atoms with Gasteiger partial charge in [-0.3, -0.25) is 9.48 Å². The fraction of sp³-hybridized carbons (Fsp3) is 0.167. The lowest BCUT2D eigenvalue weighted by Gasteiger charge is -2.03. The number of carbonyl (C=O) groups is 1. The zero-order chi connectivity index (χ0) is 13.3. The topological polar surface area (TPSA) is 46.9 Å². The maximum absolute atomic E-state index is 12.0. The van der Waals surface area contributed by atoms with Crippen LogP contribution in [0.25, 0.3) is 0 Å². The first-order valence-electron chi connectivity index (χ1n) is 5.24. The Morgan fingerprint density at radius 3 is 2.67 bits per heavy atom. The third-order valence-electron chi connectivity index (χ3n) is 2.48. The second-order valence-electron chi connectivity index (χ2n) is 3.91. The van der Waals surface area contributed by atoms with Crippen molar-refractivity contribution < 1.29 is 4.79 Å². The Labute approximate surface area is 118 Å². The molecule has 4 nitrogen and oxygen atoms in total. The smallest absolute Gasteiger partial charge is 0.256 e. The lowest BCUT2D eigenvalue weighted by Crippen LogP contribution is -2.12. The highest BCUT2D eigenvalue weighted by Gasteiger charge is 2.10. The number of nitrogens with zero attached hydrogens (tertiary/aromatic N) is 2. The molecule has 2 aromatic rings. The van der Waals surface area contributed by atoms with Gasteiger partial charge in [0.2, 0.25) is 0 Å². The van der Waals surface area contributed by atoms with Crippen molar-refractivity contribution in [2.75, 3.05) is 5.32 Å². The number of hydrogen-bond acceptors (Lipinski definition) is 2. The van der Waals surface area contributed by atoms with Crippen LogP contribution in [0, 0.1) is 6.92 Å². The fourth-order valence-electron chi connectivity index (χ4n) is 1.50. The van der Waals surface area contributed by atoms with Gasteiger partial charge in [-0.15, -0.1) is 0 Å². The van der Waals surface area contributed by atoms with E-state index in [0.717, 1.165) is 10.2 Å². The maximum atomic E-state index is 12.0. The van der Waals surface area contributed by atoms with Crippen molar-refractivity contribution in [3.05, 3.63) is 45.0 Å². The molecular weight excluding hydrogens is 318 g/mol. The molecule has 0 bridgehead atoms. The van der Waals surface area contributed by atoms with Crippen LogP contribution < -0.4 is 5.32 Å². The molecule has 0 aliphatic carbocycles. The average molecular weight is 329 g/mol. The van der Waals surface area contributed by atoms with Gasteiger partial charge in [0.15, 0.2) is 5.82 Å². The molecule has 1 amide bonds. The molecule has 0 unspecified atom stereocenters. The molecule has 0 fully saturated rings. The molecule has 0 radical (unpaired) electrons. The van der Waals surface area contributed by atoms with Gasteiger partial charge in [-0.25, -0.2) is 0 Å². The van der Waals surface area contributed by atoms with Gasteiger partial charge in [-0.05, 0) is 25.1 Å². The van der Waals surface area contributed by atoms with Crippen molar-refractivity contribution in [2.45, 2.75) is 6.92 Å². The van der Waals surface area contributed by atoms with E-state index < -0.39 is 0 Å². The summed E-state index contributed by atoms with van der Waals surface area (Å²) in [6, 6.07) is 6.84. The van der Waals surface area contributed by atoms with Crippen LogP contribution in [0.3, 0.4) is 0 Å². The summed E-state index contributed by atoms with van der Waals surface area (Å²) >= 11 is 9.20. The molecule has 1 heterocycles. The molecule has 0 saturated heterocycles. The molecule has 1 aromatic carbocycles. The third kappa shape index (κ3) is 2.91. The van der Waals surface area contributed by atoms with E-state index in [2.05, 4.69) is 26.3 Å². The summed E-state index contributed by atoms with van der Waals surface area (Å²) in [5.74, 6) is 0.285. The first-order valence-corrected chi connectivity index (χ1v) is 6.41. The highest BCUT2D eigenvalue weighted by atomic mass is 79.9. The van der Waals surface area contributed by atoms with Gasteiger partial charge in [0.1, 0.15) is 0 Å². The standard InChI is InChI=1S/C12H11BrClN3O/c1-7-3-11(16-17(7)2)15-12(18)8-4-9(13)6-10(14)5-8/h3-6H,1-2H3,(H,15,16,18). The van der Waals surface area contributed by atoms with Crippen LogP contribution in [0.4, 0.5) is 5.82 Å². The number of halogens is 2. The Bertz CT molecular complexity index is 570. The summed E-state index contributed by atoms with van der Waals surface area (Å²) in [5, 5.41) is 7.39. The SMILES string of the molecule is Cc1cc(NC(=O)c2cc(Cl)cc(Br)c2)nn1C. The molecular formula is C12H11BrClN3O. The molecule has 18 heavy (non-hydrogen) atoms. The van der Waals surface area contributed by atoms with Gasteiger partial charge in [0.25, 0.3) is 5.91 Å². The fourth-order valence-corrected chi connectivity index (χ4v) is 2.36. The first-order chi connectivity index (χ1) is 8.45. The van der Waals surface area contributed by atoms with Crippen LogP contribution in [0.5, 0.6) is 0 Å². The summed E-state index contributed by atoms with van der Waals surface area (Å²) in [6.45, 7) is 1.92. The Morgan fingerprint density at radius 1 is 1.39 bits per heavy atom. The predicted molar refractivity (Wildman–Crippen MR) is 75.1 cm³/mol. The van der Waals surface area contributed by atoms with Gasteiger partial charge in [-0.1, -0.05) is 27.5 Å². The van der Waals surface area contributed by atoms with E-state index in [1.807, 2.05) is 14.0 Å². The zero-order valence-electron chi connectivity index (χ0n) is 9.87. The van der Waals surface area contributed by atoms with Crippen molar-refractivity contribution in [3.8, 4) is 0 Å². The lowest BCUT2D eigenvalue weighted by molar-refractivity contribution is 0.102. The van der Waals surface area contributed by atoms with Gasteiger partial charge in [0, 0.05) is 33.9 Å². The van der Waals surface area contributed by atoms with Crippen molar-refractivity contribution in [1.82, 2.24) is 9.78 Å². The number of carbonyl (C=O) groups excluding carboxylic acids is 1. The minimum atomic E-state index is -0.240. The first kappa shape index (κ1) is 13.1. The molecule has 1 aromatic heterocycles. The summed E-state index contributed by atoms with van der Waals surface area (Å²) in [4.78, 5) is 12.0. The second-order valence-corrected chi connectivity index (χ2v) is 5.26. The second kappa shape index (κ2) is 5.12. The van der Waals surface area contributed by atoms with E-state index in [1.54, 1.807) is 28.9 Å². The quantitative estimate of drug-likeness (QED) is 0.918. The van der Waals surface area contributed by atoms with E-state index in [1.165, 1.54) is 0 Å². The Balaban J connectivity index is 2.21. The largest absolute Gasteiger partial charge is 0.305 e.